The lowest BCUT2D eigenvalue weighted by Crippen LogP contribution is -2.09. The maximum atomic E-state index is 11.1. The van der Waals surface area contributed by atoms with Crippen LogP contribution in [0.25, 0.3) is 10.6 Å². The second kappa shape index (κ2) is 4.35. The van der Waals surface area contributed by atoms with Crippen LogP contribution in [0.15, 0.2) is 28.7 Å². The van der Waals surface area contributed by atoms with Gasteiger partial charge < -0.3 is 5.73 Å². The number of primary amides is 1. The highest BCUT2D eigenvalue weighted by Crippen LogP contribution is 2.32. The smallest absolute Gasteiger partial charge is 0.260 e. The molecule has 5 heteroatoms. The monoisotopic (exact) mass is 296 g/mol. The van der Waals surface area contributed by atoms with E-state index in [2.05, 4.69) is 20.9 Å². The molecule has 3 nitrogen and oxygen atoms in total. The summed E-state index contributed by atoms with van der Waals surface area (Å²) >= 11 is 4.77. The van der Waals surface area contributed by atoms with Crippen LogP contribution in [0.4, 0.5) is 0 Å². The molecule has 0 bridgehead atoms. The van der Waals surface area contributed by atoms with Crippen molar-refractivity contribution < 1.29 is 4.79 Å². The van der Waals surface area contributed by atoms with E-state index < -0.39 is 5.91 Å². The summed E-state index contributed by atoms with van der Waals surface area (Å²) in [5.74, 6) is -0.423. The van der Waals surface area contributed by atoms with E-state index in [0.717, 1.165) is 15.0 Å². The van der Waals surface area contributed by atoms with Crippen LogP contribution in [0.2, 0.25) is 0 Å². The molecule has 1 amide bonds. The largest absolute Gasteiger partial charge is 0.365 e. The number of carbonyl (C=O) groups is 1. The average molecular weight is 297 g/mol. The van der Waals surface area contributed by atoms with Crippen LogP contribution < -0.4 is 5.73 Å². The molecule has 1 heterocycles. The molecule has 0 saturated heterocycles. The molecule has 16 heavy (non-hydrogen) atoms. The lowest BCUT2D eigenvalue weighted by atomic mass is 10.2. The molecule has 1 aromatic carbocycles. The Morgan fingerprint density at radius 2 is 2.12 bits per heavy atom. The molecule has 0 aliphatic heterocycles. The van der Waals surface area contributed by atoms with Crippen LogP contribution in [0.5, 0.6) is 0 Å². The third kappa shape index (κ3) is 2.01. The Kier molecular flexibility index (Phi) is 3.07. The Balaban J connectivity index is 2.54. The summed E-state index contributed by atoms with van der Waals surface area (Å²) < 4.78 is 0.958. The zero-order valence-electron chi connectivity index (χ0n) is 8.53. The highest BCUT2D eigenvalue weighted by Gasteiger charge is 2.14. The zero-order valence-corrected chi connectivity index (χ0v) is 10.9. The Morgan fingerprint density at radius 3 is 2.69 bits per heavy atom. The summed E-state index contributed by atoms with van der Waals surface area (Å²) in [5, 5.41) is 0.804. The normalized spacial score (nSPS) is 10.4. The van der Waals surface area contributed by atoms with Crippen LogP contribution in [-0.4, -0.2) is 10.9 Å². The third-order valence-corrected chi connectivity index (χ3v) is 4.02. The highest BCUT2D eigenvalue weighted by atomic mass is 79.9. The Hall–Kier alpha value is -1.20. The molecular formula is C11H9BrN2OS. The Bertz CT molecular complexity index is 551. The van der Waals surface area contributed by atoms with Crippen LogP contribution >= 0.6 is 27.3 Å². The molecule has 0 saturated carbocycles. The molecule has 0 radical (unpaired) electrons. The van der Waals surface area contributed by atoms with Gasteiger partial charge in [-0.15, -0.1) is 11.3 Å². The van der Waals surface area contributed by atoms with E-state index in [-0.39, 0.29) is 0 Å². The van der Waals surface area contributed by atoms with E-state index in [0.29, 0.717) is 10.6 Å². The summed E-state index contributed by atoms with van der Waals surface area (Å²) in [6.45, 7) is 1.79. The molecule has 0 aliphatic carbocycles. The lowest BCUT2D eigenvalue weighted by molar-refractivity contribution is 0.100. The molecule has 2 aromatic rings. The fourth-order valence-corrected chi connectivity index (χ4v) is 2.94. The molecule has 0 atom stereocenters. The van der Waals surface area contributed by atoms with E-state index in [9.17, 15) is 4.79 Å². The fourth-order valence-electron chi connectivity index (χ4n) is 1.37. The van der Waals surface area contributed by atoms with Gasteiger partial charge in [-0.05, 0) is 13.0 Å². The molecule has 0 aliphatic rings. The van der Waals surface area contributed by atoms with Gasteiger partial charge in [-0.3, -0.25) is 4.79 Å². The molecule has 82 valence electrons. The standard InChI is InChI=1S/C11H9BrN2OS/c1-6-9(10(13)15)16-11(14-6)7-4-2-3-5-8(7)12/h2-5H,1H3,(H2,13,15). The number of aromatic nitrogens is 1. The zero-order chi connectivity index (χ0) is 11.7. The second-order valence-electron chi connectivity index (χ2n) is 3.28. The van der Waals surface area contributed by atoms with E-state index in [1.165, 1.54) is 11.3 Å². The van der Waals surface area contributed by atoms with E-state index in [4.69, 9.17) is 5.73 Å². The number of aryl methyl sites for hydroxylation is 1. The van der Waals surface area contributed by atoms with Crippen molar-refractivity contribution in [1.29, 1.82) is 0 Å². The molecule has 2 N–H and O–H groups in total. The van der Waals surface area contributed by atoms with E-state index >= 15 is 0 Å². The van der Waals surface area contributed by atoms with E-state index in [1.807, 2.05) is 24.3 Å². The summed E-state index contributed by atoms with van der Waals surface area (Å²) in [7, 11) is 0. The van der Waals surface area contributed by atoms with Crippen molar-refractivity contribution in [1.82, 2.24) is 4.98 Å². The predicted octanol–water partition coefficient (Wildman–Crippen LogP) is 2.98. The predicted molar refractivity (Wildman–Crippen MR) is 68.5 cm³/mol. The SMILES string of the molecule is Cc1nc(-c2ccccc2Br)sc1C(N)=O. The van der Waals surface area contributed by atoms with Crippen molar-refractivity contribution >= 4 is 33.2 Å². The number of nitrogens with two attached hydrogens (primary N) is 1. The number of nitrogens with zero attached hydrogens (tertiary/aromatic N) is 1. The minimum absolute atomic E-state index is 0.423. The van der Waals surface area contributed by atoms with Gasteiger partial charge in [0.05, 0.1) is 5.69 Å². The van der Waals surface area contributed by atoms with Gasteiger partial charge in [0, 0.05) is 10.0 Å². The maximum Gasteiger partial charge on any atom is 0.260 e. The first-order valence-corrected chi connectivity index (χ1v) is 6.22. The minimum atomic E-state index is -0.423. The van der Waals surface area contributed by atoms with Gasteiger partial charge in [0.25, 0.3) is 5.91 Å². The summed E-state index contributed by atoms with van der Waals surface area (Å²) in [4.78, 5) is 16.0. The molecule has 0 unspecified atom stereocenters. The summed E-state index contributed by atoms with van der Waals surface area (Å²) in [6.07, 6.45) is 0. The minimum Gasteiger partial charge on any atom is -0.365 e. The number of rotatable bonds is 2. The van der Waals surface area contributed by atoms with Crippen LogP contribution in [0.1, 0.15) is 15.4 Å². The summed E-state index contributed by atoms with van der Waals surface area (Å²) in [6, 6.07) is 7.76. The molecular weight excluding hydrogens is 288 g/mol. The van der Waals surface area contributed by atoms with Crippen LogP contribution in [0, 0.1) is 6.92 Å². The van der Waals surface area contributed by atoms with Gasteiger partial charge >= 0.3 is 0 Å². The Morgan fingerprint density at radius 1 is 1.44 bits per heavy atom. The van der Waals surface area contributed by atoms with Crippen LogP contribution in [-0.2, 0) is 0 Å². The van der Waals surface area contributed by atoms with Gasteiger partial charge in [0.2, 0.25) is 0 Å². The number of thiazole rings is 1. The van der Waals surface area contributed by atoms with Gasteiger partial charge in [-0.2, -0.15) is 0 Å². The molecule has 1 aromatic heterocycles. The second-order valence-corrected chi connectivity index (χ2v) is 5.13. The highest BCUT2D eigenvalue weighted by molar-refractivity contribution is 9.10. The molecule has 0 spiro atoms. The fraction of sp³-hybridized carbons (Fsp3) is 0.0909. The van der Waals surface area contributed by atoms with Crippen LogP contribution in [0.3, 0.4) is 0 Å². The number of halogens is 1. The van der Waals surface area contributed by atoms with Crippen molar-refractivity contribution in [2.75, 3.05) is 0 Å². The summed E-state index contributed by atoms with van der Waals surface area (Å²) in [5.41, 5.74) is 6.92. The van der Waals surface area contributed by atoms with E-state index in [1.54, 1.807) is 6.92 Å². The molecule has 0 fully saturated rings. The quantitative estimate of drug-likeness (QED) is 0.926. The Labute approximate surface area is 105 Å². The number of hydrogen-bond acceptors (Lipinski definition) is 3. The number of carbonyl (C=O) groups excluding carboxylic acids is 1. The topological polar surface area (TPSA) is 56.0 Å². The van der Waals surface area contributed by atoms with Crippen molar-refractivity contribution in [2.24, 2.45) is 5.73 Å². The van der Waals surface area contributed by atoms with Gasteiger partial charge in [-0.1, -0.05) is 34.1 Å². The maximum absolute atomic E-state index is 11.1. The van der Waals surface area contributed by atoms with Gasteiger partial charge in [0.15, 0.2) is 0 Å². The first kappa shape index (κ1) is 11.3. The average Bonchev–Trinajstić information content (AvgIpc) is 2.61. The molecule has 2 rings (SSSR count). The van der Waals surface area contributed by atoms with Crippen molar-refractivity contribution in [3.63, 3.8) is 0 Å². The van der Waals surface area contributed by atoms with Crippen molar-refractivity contribution in [3.8, 4) is 10.6 Å². The van der Waals surface area contributed by atoms with Gasteiger partial charge in [-0.25, -0.2) is 4.98 Å². The number of benzene rings is 1. The number of amides is 1. The number of hydrogen-bond donors (Lipinski definition) is 1. The van der Waals surface area contributed by atoms with Gasteiger partial charge in [0.1, 0.15) is 9.88 Å². The third-order valence-electron chi connectivity index (χ3n) is 2.12. The first-order valence-electron chi connectivity index (χ1n) is 4.61. The first-order chi connectivity index (χ1) is 7.59. The van der Waals surface area contributed by atoms with Crippen molar-refractivity contribution in [2.45, 2.75) is 6.92 Å². The lowest BCUT2D eigenvalue weighted by Gasteiger charge is -1.98. The van der Waals surface area contributed by atoms with Crippen molar-refractivity contribution in [3.05, 3.63) is 39.3 Å².